The van der Waals surface area contributed by atoms with Crippen molar-refractivity contribution in [3.8, 4) is 11.1 Å². The Bertz CT molecular complexity index is 833. The van der Waals surface area contributed by atoms with Crippen LogP contribution in [0.5, 0.6) is 0 Å². The molecule has 0 unspecified atom stereocenters. The van der Waals surface area contributed by atoms with E-state index in [2.05, 4.69) is 82.3 Å². The average molecular weight is 527 g/mol. The van der Waals surface area contributed by atoms with E-state index in [1.54, 1.807) is 0 Å². The second-order valence-electron chi connectivity index (χ2n) is 8.20. The van der Waals surface area contributed by atoms with Crippen LogP contribution in [0.2, 0.25) is 13.1 Å². The van der Waals surface area contributed by atoms with Crippen LogP contribution in [0.1, 0.15) is 45.2 Å². The first-order valence-corrected chi connectivity index (χ1v) is 12.0. The van der Waals surface area contributed by atoms with Crippen LogP contribution in [0.4, 0.5) is 0 Å². The third-order valence-corrected chi connectivity index (χ3v) is 4.41. The molecular formula is C24H32Cl2OSiZr. The van der Waals surface area contributed by atoms with Gasteiger partial charge < -0.3 is 29.6 Å². The second kappa shape index (κ2) is 13.9. The zero-order chi connectivity index (χ0) is 19.3. The van der Waals surface area contributed by atoms with Crippen molar-refractivity contribution >= 4 is 19.8 Å². The van der Waals surface area contributed by atoms with Gasteiger partial charge in [0, 0.05) is 0 Å². The molecule has 0 saturated heterocycles. The Morgan fingerprint density at radius 2 is 1.52 bits per heavy atom. The summed E-state index contributed by atoms with van der Waals surface area (Å²) in [6.45, 7) is 12.7. The molecule has 0 aliphatic carbocycles. The van der Waals surface area contributed by atoms with E-state index < -0.39 is 9.04 Å². The summed E-state index contributed by atoms with van der Waals surface area (Å²) in [5.74, 6) is 0. The molecule has 1 N–H and O–H groups in total. The van der Waals surface area contributed by atoms with Crippen LogP contribution in [0, 0.1) is 0 Å². The van der Waals surface area contributed by atoms with Crippen molar-refractivity contribution in [2.75, 3.05) is 0 Å². The topological polar surface area (TPSA) is 20.2 Å². The standard InChI is InChI=1S/C22H25.C2H7OSi.2ClH.Zr/c1-5-7-16-14-18-8-6-9-20(21(18)15-16)17-10-12-19(13-11-17)22(2,3)4;1-4(2)3;;;/h6,8-15H,5,7H2,1-4H3;3H,1-2H3;2*1H;/q-1;;;;+3/p-2. The molecule has 29 heavy (non-hydrogen) atoms. The van der Waals surface area contributed by atoms with E-state index in [1.165, 1.54) is 39.4 Å². The average Bonchev–Trinajstić information content (AvgIpc) is 2.96. The van der Waals surface area contributed by atoms with Gasteiger partial charge in [0.25, 0.3) is 0 Å². The van der Waals surface area contributed by atoms with Crippen molar-refractivity contribution < 1.29 is 55.8 Å². The third kappa shape index (κ3) is 9.15. The van der Waals surface area contributed by atoms with Gasteiger partial charge in [0.15, 0.2) is 9.04 Å². The molecule has 3 aromatic carbocycles. The summed E-state index contributed by atoms with van der Waals surface area (Å²) < 4.78 is 0. The molecule has 5 heteroatoms. The maximum absolute atomic E-state index is 8.16. The van der Waals surface area contributed by atoms with Crippen LogP contribution in [0.15, 0.2) is 54.6 Å². The summed E-state index contributed by atoms with van der Waals surface area (Å²) >= 11 is 0. The molecule has 0 fully saturated rings. The molecule has 2 radical (unpaired) electrons. The smallest absolute Gasteiger partial charge is 1.00 e. The summed E-state index contributed by atoms with van der Waals surface area (Å²) in [6.07, 6.45) is 2.36. The van der Waals surface area contributed by atoms with E-state index in [0.717, 1.165) is 6.42 Å². The zero-order valence-electron chi connectivity index (χ0n) is 18.3. The zero-order valence-corrected chi connectivity index (χ0v) is 23.3. The monoisotopic (exact) mass is 524 g/mol. The minimum Gasteiger partial charge on any atom is -1.00 e. The van der Waals surface area contributed by atoms with Gasteiger partial charge in [-0.3, -0.25) is 0 Å². The van der Waals surface area contributed by atoms with E-state index >= 15 is 0 Å². The van der Waals surface area contributed by atoms with Gasteiger partial charge in [0.2, 0.25) is 0 Å². The summed E-state index contributed by atoms with van der Waals surface area (Å²) in [5.41, 5.74) is 5.71. The minimum atomic E-state index is -0.880. The fourth-order valence-corrected chi connectivity index (χ4v) is 3.13. The Hall–Kier alpha value is -0.310. The van der Waals surface area contributed by atoms with Crippen molar-refractivity contribution in [2.45, 2.75) is 59.0 Å². The Morgan fingerprint density at radius 1 is 0.966 bits per heavy atom. The quantitative estimate of drug-likeness (QED) is 0.394. The number of benzene rings is 2. The van der Waals surface area contributed by atoms with Crippen molar-refractivity contribution in [1.29, 1.82) is 0 Å². The maximum atomic E-state index is 8.16. The molecule has 0 amide bonds. The van der Waals surface area contributed by atoms with Gasteiger partial charge >= 0.3 is 26.2 Å². The van der Waals surface area contributed by atoms with E-state index in [9.17, 15) is 0 Å². The minimum absolute atomic E-state index is 0. The van der Waals surface area contributed by atoms with Crippen LogP contribution in [0.25, 0.3) is 21.9 Å². The van der Waals surface area contributed by atoms with Crippen molar-refractivity contribution in [3.63, 3.8) is 0 Å². The predicted octanol–water partition coefficient (Wildman–Crippen LogP) is 0.711. The Balaban J connectivity index is 0. The number of halogens is 2. The van der Waals surface area contributed by atoms with Gasteiger partial charge in [-0.15, -0.1) is 34.5 Å². The number of fused-ring (bicyclic) bond motifs is 1. The Kier molecular flexibility index (Phi) is 14.8. The molecule has 0 atom stereocenters. The Labute approximate surface area is 210 Å². The molecule has 156 valence electrons. The third-order valence-electron chi connectivity index (χ3n) is 4.41. The van der Waals surface area contributed by atoms with E-state index in [4.69, 9.17) is 4.80 Å². The molecule has 0 heterocycles. The van der Waals surface area contributed by atoms with Crippen molar-refractivity contribution in [3.05, 3.63) is 65.7 Å². The van der Waals surface area contributed by atoms with Crippen molar-refractivity contribution in [1.82, 2.24) is 0 Å². The number of hydrogen-bond acceptors (Lipinski definition) is 1. The fraction of sp³-hybridized carbons (Fsp3) is 0.375. The molecular weight excluding hydrogens is 494 g/mol. The van der Waals surface area contributed by atoms with Gasteiger partial charge in [0.1, 0.15) is 0 Å². The number of aryl methyl sites for hydroxylation is 1. The summed E-state index contributed by atoms with van der Waals surface area (Å²) in [7, 11) is -0.880. The SMILES string of the molecule is CCCc1cc2c(-c3ccc(C(C)(C)C)cc3)cccc2[cH-]1.C[Si](C)O.[Cl-].[Cl-].[Zr+3]. The largest absolute Gasteiger partial charge is 3.00 e. The van der Waals surface area contributed by atoms with Gasteiger partial charge in [-0.1, -0.05) is 70.0 Å². The number of hydrogen-bond donors (Lipinski definition) is 1. The predicted molar refractivity (Wildman–Crippen MR) is 117 cm³/mol. The first kappa shape index (κ1) is 30.9. The van der Waals surface area contributed by atoms with Gasteiger partial charge in [0.05, 0.1) is 0 Å². The van der Waals surface area contributed by atoms with Gasteiger partial charge in [-0.2, -0.15) is 6.07 Å². The first-order valence-electron chi connectivity index (χ1n) is 9.50. The van der Waals surface area contributed by atoms with Crippen LogP contribution >= 0.6 is 0 Å². The van der Waals surface area contributed by atoms with Gasteiger partial charge in [-0.25, -0.2) is 0 Å². The molecule has 0 aromatic heterocycles. The second-order valence-corrected chi connectivity index (χ2v) is 10.1. The van der Waals surface area contributed by atoms with Crippen LogP contribution < -0.4 is 24.8 Å². The van der Waals surface area contributed by atoms with E-state index in [0.29, 0.717) is 0 Å². The summed E-state index contributed by atoms with van der Waals surface area (Å²) in [5, 5.41) is 2.75. The molecule has 0 bridgehead atoms. The molecule has 0 spiro atoms. The molecule has 1 nitrogen and oxygen atoms in total. The molecule has 0 saturated carbocycles. The molecule has 3 rings (SSSR count). The van der Waals surface area contributed by atoms with E-state index in [-0.39, 0.29) is 56.4 Å². The molecule has 3 aromatic rings. The maximum Gasteiger partial charge on any atom is 3.00 e. The van der Waals surface area contributed by atoms with Crippen molar-refractivity contribution in [2.24, 2.45) is 0 Å². The number of rotatable bonds is 3. The first-order chi connectivity index (χ1) is 12.2. The van der Waals surface area contributed by atoms with Crippen LogP contribution in [-0.4, -0.2) is 13.8 Å². The molecule has 0 aliphatic heterocycles. The van der Waals surface area contributed by atoms with Gasteiger partial charge in [-0.05, 0) is 36.1 Å². The van der Waals surface area contributed by atoms with Crippen LogP contribution in [0.3, 0.4) is 0 Å². The fourth-order valence-electron chi connectivity index (χ4n) is 3.13. The van der Waals surface area contributed by atoms with Crippen LogP contribution in [-0.2, 0) is 38.0 Å². The Morgan fingerprint density at radius 3 is 2.00 bits per heavy atom. The molecule has 0 aliphatic rings. The summed E-state index contributed by atoms with van der Waals surface area (Å²) in [6, 6.07) is 20.4. The van der Waals surface area contributed by atoms with E-state index in [1.807, 2.05) is 13.1 Å². The normalized spacial score (nSPS) is 10.3. The summed E-state index contributed by atoms with van der Waals surface area (Å²) in [4.78, 5) is 8.16.